The van der Waals surface area contributed by atoms with Crippen molar-refractivity contribution in [1.29, 1.82) is 0 Å². The number of piperidine rings is 3. The largest absolute Gasteiger partial charge is 0.497 e. The van der Waals surface area contributed by atoms with Gasteiger partial charge in [-0.25, -0.2) is 4.79 Å². The van der Waals surface area contributed by atoms with Gasteiger partial charge in [-0.15, -0.1) is 0 Å². The predicted molar refractivity (Wildman–Crippen MR) is 127 cm³/mol. The van der Waals surface area contributed by atoms with Crippen molar-refractivity contribution in [3.8, 4) is 17.0 Å². The van der Waals surface area contributed by atoms with Crippen molar-refractivity contribution in [1.82, 2.24) is 14.7 Å². The van der Waals surface area contributed by atoms with Gasteiger partial charge in [0.2, 0.25) is 0 Å². The van der Waals surface area contributed by atoms with E-state index in [0.29, 0.717) is 18.4 Å². The molecule has 0 saturated carbocycles. The summed E-state index contributed by atoms with van der Waals surface area (Å²) in [4.78, 5) is 14.7. The van der Waals surface area contributed by atoms with Gasteiger partial charge in [0.05, 0.1) is 12.8 Å². The summed E-state index contributed by atoms with van der Waals surface area (Å²) in [5, 5.41) is 7.59. The van der Waals surface area contributed by atoms with E-state index in [1.54, 1.807) is 7.11 Å². The minimum atomic E-state index is -0.392. The molecule has 3 fully saturated rings. The Hall–Kier alpha value is -3.32. The van der Waals surface area contributed by atoms with Crippen molar-refractivity contribution in [2.24, 2.45) is 13.0 Å². The monoisotopic (exact) mass is 446 g/mol. The van der Waals surface area contributed by atoms with Gasteiger partial charge in [-0.2, -0.15) is 5.10 Å². The second kappa shape index (κ2) is 9.27. The van der Waals surface area contributed by atoms with Crippen LogP contribution < -0.4 is 10.1 Å². The van der Waals surface area contributed by atoms with Crippen LogP contribution in [-0.2, 0) is 11.8 Å². The zero-order valence-corrected chi connectivity index (χ0v) is 19.1. The van der Waals surface area contributed by atoms with E-state index in [1.165, 1.54) is 12.1 Å². The molecule has 0 radical (unpaired) electrons. The molecule has 1 unspecified atom stereocenters. The summed E-state index contributed by atoms with van der Waals surface area (Å²) in [6.45, 7) is 2.45. The molecule has 3 aliphatic rings. The summed E-state index contributed by atoms with van der Waals surface area (Å²) < 4.78 is 12.9. The van der Waals surface area contributed by atoms with Crippen LogP contribution in [0.4, 0.5) is 10.5 Å². The summed E-state index contributed by atoms with van der Waals surface area (Å²) in [6, 6.07) is 19.9. The lowest BCUT2D eigenvalue weighted by molar-refractivity contribution is -0.00222. The fourth-order valence-corrected chi connectivity index (χ4v) is 5.23. The molecule has 1 aromatic heterocycles. The lowest BCUT2D eigenvalue weighted by Gasteiger charge is -2.49. The molecular formula is C26H30N4O3. The Balaban J connectivity index is 1.21. The van der Waals surface area contributed by atoms with Crippen molar-refractivity contribution in [2.75, 3.05) is 32.1 Å². The maximum atomic E-state index is 12.2. The van der Waals surface area contributed by atoms with Crippen LogP contribution in [-0.4, -0.2) is 53.6 Å². The molecule has 3 saturated heterocycles. The highest BCUT2D eigenvalue weighted by Gasteiger charge is 2.42. The number of carbonyl (C=O) groups is 1. The van der Waals surface area contributed by atoms with Crippen molar-refractivity contribution in [2.45, 2.75) is 24.8 Å². The Bertz CT molecular complexity index is 1100. The maximum absolute atomic E-state index is 12.2. The number of para-hydroxylation sites is 1. The van der Waals surface area contributed by atoms with Crippen LogP contribution in [0.2, 0.25) is 0 Å². The van der Waals surface area contributed by atoms with Crippen LogP contribution in [0, 0.1) is 5.92 Å². The van der Waals surface area contributed by atoms with Crippen LogP contribution >= 0.6 is 0 Å². The zero-order valence-electron chi connectivity index (χ0n) is 19.1. The molecule has 33 heavy (non-hydrogen) atoms. The van der Waals surface area contributed by atoms with E-state index < -0.39 is 6.09 Å². The average Bonchev–Trinajstić information content (AvgIpc) is 3.25. The van der Waals surface area contributed by atoms with Crippen molar-refractivity contribution in [3.63, 3.8) is 0 Å². The Morgan fingerprint density at radius 3 is 2.64 bits per heavy atom. The van der Waals surface area contributed by atoms with Crippen LogP contribution in [0.15, 0.2) is 60.7 Å². The van der Waals surface area contributed by atoms with E-state index in [9.17, 15) is 4.79 Å². The first kappa shape index (κ1) is 21.5. The SMILES string of the molecule is COc1ccc(-c2cc([C@@H]3CN4CC[C@H]3C[C@@H]4COC(=O)Nc3ccccc3)n(C)n2)cc1. The zero-order chi connectivity index (χ0) is 22.8. The van der Waals surface area contributed by atoms with Gasteiger partial charge in [0, 0.05) is 42.5 Å². The van der Waals surface area contributed by atoms with Gasteiger partial charge in [-0.3, -0.25) is 14.9 Å². The normalized spacial score (nSPS) is 23.8. The Morgan fingerprint density at radius 1 is 1.15 bits per heavy atom. The molecule has 1 N–H and O–H groups in total. The first-order valence-corrected chi connectivity index (χ1v) is 11.5. The Labute approximate surface area is 194 Å². The second-order valence-corrected chi connectivity index (χ2v) is 8.94. The van der Waals surface area contributed by atoms with Gasteiger partial charge in [0.25, 0.3) is 0 Å². The van der Waals surface area contributed by atoms with E-state index in [2.05, 4.69) is 28.4 Å². The predicted octanol–water partition coefficient (Wildman–Crippen LogP) is 4.52. The summed E-state index contributed by atoms with van der Waals surface area (Å²) in [5.41, 5.74) is 4.10. The molecule has 6 rings (SSSR count). The number of hydrogen-bond donors (Lipinski definition) is 1. The molecule has 4 atom stereocenters. The standard InChI is InChI=1S/C26H30N4O3/c1-29-25(15-24(28-29)18-8-10-22(32-2)11-9-18)23-16-30-13-12-19(23)14-21(30)17-33-26(31)27-20-6-4-3-5-7-20/h3-11,15,19,21,23H,12-14,16-17H2,1-2H3,(H,27,31)/t19-,21+,23+/m0/s1. The summed E-state index contributed by atoms with van der Waals surface area (Å²) in [6.07, 6.45) is 1.81. The van der Waals surface area contributed by atoms with E-state index >= 15 is 0 Å². The van der Waals surface area contributed by atoms with E-state index in [1.807, 2.05) is 54.2 Å². The maximum Gasteiger partial charge on any atom is 0.411 e. The smallest absolute Gasteiger partial charge is 0.411 e. The number of methoxy groups -OCH3 is 1. The molecular weight excluding hydrogens is 416 g/mol. The van der Waals surface area contributed by atoms with Gasteiger partial charge in [-0.05, 0) is 67.8 Å². The van der Waals surface area contributed by atoms with Crippen LogP contribution in [0.25, 0.3) is 11.3 Å². The number of benzene rings is 2. The molecule has 172 valence electrons. The number of amides is 1. The number of carbonyl (C=O) groups excluding carboxylic acids is 1. The fourth-order valence-electron chi connectivity index (χ4n) is 5.23. The van der Waals surface area contributed by atoms with Crippen LogP contribution in [0.1, 0.15) is 24.5 Å². The highest BCUT2D eigenvalue weighted by atomic mass is 16.5. The Kier molecular flexibility index (Phi) is 6.05. The van der Waals surface area contributed by atoms with Crippen molar-refractivity contribution in [3.05, 3.63) is 66.4 Å². The first-order valence-electron chi connectivity index (χ1n) is 11.5. The van der Waals surface area contributed by atoms with Gasteiger partial charge in [0.15, 0.2) is 0 Å². The number of nitrogens with one attached hydrogen (secondary N) is 1. The number of anilines is 1. The number of hydrogen-bond acceptors (Lipinski definition) is 5. The first-order chi connectivity index (χ1) is 16.1. The number of aryl methyl sites for hydroxylation is 1. The molecule has 4 heterocycles. The molecule has 0 spiro atoms. The molecule has 1 amide bonds. The number of nitrogens with zero attached hydrogens (tertiary/aromatic N) is 3. The molecule has 3 aromatic rings. The summed E-state index contributed by atoms with van der Waals surface area (Å²) in [7, 11) is 3.71. The highest BCUT2D eigenvalue weighted by Crippen LogP contribution is 2.42. The van der Waals surface area contributed by atoms with E-state index in [0.717, 1.165) is 42.2 Å². The Morgan fingerprint density at radius 2 is 1.94 bits per heavy atom. The lowest BCUT2D eigenvalue weighted by Crippen LogP contribution is -2.54. The minimum absolute atomic E-state index is 0.274. The molecule has 3 aliphatic heterocycles. The second-order valence-electron chi connectivity index (χ2n) is 8.94. The summed E-state index contributed by atoms with van der Waals surface area (Å²) >= 11 is 0. The topological polar surface area (TPSA) is 68.6 Å². The number of aromatic nitrogens is 2. The van der Waals surface area contributed by atoms with Crippen LogP contribution in [0.5, 0.6) is 5.75 Å². The third-order valence-electron chi connectivity index (χ3n) is 6.99. The number of ether oxygens (including phenoxy) is 2. The summed E-state index contributed by atoms with van der Waals surface area (Å²) in [5.74, 6) is 1.86. The van der Waals surface area contributed by atoms with E-state index in [-0.39, 0.29) is 6.04 Å². The van der Waals surface area contributed by atoms with Gasteiger partial charge >= 0.3 is 6.09 Å². The highest BCUT2D eigenvalue weighted by molar-refractivity contribution is 5.84. The average molecular weight is 447 g/mol. The molecule has 7 nitrogen and oxygen atoms in total. The molecule has 2 bridgehead atoms. The third kappa shape index (κ3) is 4.59. The fraction of sp³-hybridized carbons (Fsp3) is 0.385. The van der Waals surface area contributed by atoms with Gasteiger partial charge < -0.3 is 9.47 Å². The minimum Gasteiger partial charge on any atom is -0.497 e. The van der Waals surface area contributed by atoms with Gasteiger partial charge in [-0.1, -0.05) is 18.2 Å². The number of rotatable bonds is 6. The molecule has 2 aromatic carbocycles. The lowest BCUT2D eigenvalue weighted by atomic mass is 9.74. The van der Waals surface area contributed by atoms with Crippen molar-refractivity contribution < 1.29 is 14.3 Å². The van der Waals surface area contributed by atoms with Crippen LogP contribution in [0.3, 0.4) is 0 Å². The van der Waals surface area contributed by atoms with E-state index in [4.69, 9.17) is 14.6 Å². The van der Waals surface area contributed by atoms with Crippen molar-refractivity contribution >= 4 is 11.8 Å². The molecule has 7 heteroatoms. The quantitative estimate of drug-likeness (QED) is 0.603. The number of fused-ring (bicyclic) bond motifs is 3. The molecule has 0 aliphatic carbocycles. The third-order valence-corrected chi connectivity index (χ3v) is 6.99. The van der Waals surface area contributed by atoms with Gasteiger partial charge in [0.1, 0.15) is 12.4 Å².